The minimum atomic E-state index is -1.05. The van der Waals surface area contributed by atoms with E-state index < -0.39 is 18.6 Å². The van der Waals surface area contributed by atoms with Crippen LogP contribution in [0.2, 0.25) is 0 Å². The maximum atomic E-state index is 12.1. The van der Waals surface area contributed by atoms with Crippen molar-refractivity contribution in [1.82, 2.24) is 5.32 Å². The van der Waals surface area contributed by atoms with Crippen LogP contribution in [-0.2, 0) is 4.79 Å². The molecule has 140 valence electrons. The molecular formula is C21H23N3O3. The number of carbonyl (C=O) groups is 1. The van der Waals surface area contributed by atoms with Crippen LogP contribution in [0.3, 0.4) is 0 Å². The molecule has 0 aromatic heterocycles. The average Bonchev–Trinajstić information content (AvgIpc) is 2.68. The highest BCUT2D eigenvalue weighted by Gasteiger charge is 2.24. The Morgan fingerprint density at radius 3 is 2.89 bits per heavy atom. The number of aliphatic hydroxyl groups is 2. The highest BCUT2D eigenvalue weighted by atomic mass is 16.3. The van der Waals surface area contributed by atoms with Crippen molar-refractivity contribution in [2.75, 3.05) is 24.6 Å². The summed E-state index contributed by atoms with van der Waals surface area (Å²) >= 11 is 0. The summed E-state index contributed by atoms with van der Waals surface area (Å²) in [6.45, 7) is 2.67. The Morgan fingerprint density at radius 2 is 2.26 bits per heavy atom. The summed E-state index contributed by atoms with van der Waals surface area (Å²) in [7, 11) is 0. The Hall–Kier alpha value is -2.88. The van der Waals surface area contributed by atoms with Gasteiger partial charge in [-0.05, 0) is 42.5 Å². The zero-order valence-electron chi connectivity index (χ0n) is 15.2. The van der Waals surface area contributed by atoms with Gasteiger partial charge in [0, 0.05) is 30.2 Å². The summed E-state index contributed by atoms with van der Waals surface area (Å²) in [6.07, 6.45) is 1.67. The van der Waals surface area contributed by atoms with Crippen LogP contribution in [-0.4, -0.2) is 48.0 Å². The number of nitrogens with zero attached hydrogens (tertiary/aromatic N) is 2. The van der Waals surface area contributed by atoms with Gasteiger partial charge < -0.3 is 20.4 Å². The third-order valence-electron chi connectivity index (χ3n) is 4.90. The van der Waals surface area contributed by atoms with Crippen molar-refractivity contribution >= 4 is 28.4 Å². The van der Waals surface area contributed by atoms with E-state index in [9.17, 15) is 15.2 Å². The molecule has 6 heteroatoms. The Labute approximate surface area is 158 Å². The predicted molar refractivity (Wildman–Crippen MR) is 105 cm³/mol. The number of hydrogen-bond acceptors (Lipinski definition) is 5. The molecule has 2 aromatic rings. The van der Waals surface area contributed by atoms with Crippen molar-refractivity contribution in [2.24, 2.45) is 0 Å². The standard InChI is InChI=1S/C21H23N3O3/c1-14-7-8-24(14)20-4-2-3-16-6-5-15(10-19(16)20)9-17(11-22)21(27)23-12-18(26)13-25/h2-6,9-10,14,18,25-26H,7-8,12-13H2,1H3,(H,23,27)/b17-9+. The highest BCUT2D eigenvalue weighted by molar-refractivity contribution is 6.03. The molecule has 0 saturated carbocycles. The third-order valence-corrected chi connectivity index (χ3v) is 4.90. The molecule has 3 rings (SSSR count). The fourth-order valence-corrected chi connectivity index (χ4v) is 3.17. The van der Waals surface area contributed by atoms with Crippen LogP contribution in [0.1, 0.15) is 18.9 Å². The minimum absolute atomic E-state index is 0.0470. The Bertz CT molecular complexity index is 917. The SMILES string of the molecule is CC1CCN1c1cccc2ccc(/C=C(\C#N)C(=O)NCC(O)CO)cc12. The first-order valence-corrected chi connectivity index (χ1v) is 9.02. The van der Waals surface area contributed by atoms with Gasteiger partial charge in [-0.25, -0.2) is 0 Å². The number of benzene rings is 2. The summed E-state index contributed by atoms with van der Waals surface area (Å²) in [5.41, 5.74) is 1.88. The number of hydrogen-bond donors (Lipinski definition) is 3. The van der Waals surface area contributed by atoms with Crippen molar-refractivity contribution in [2.45, 2.75) is 25.5 Å². The second kappa shape index (κ2) is 8.21. The first-order chi connectivity index (χ1) is 13.0. The molecule has 0 spiro atoms. The molecule has 0 aliphatic carbocycles. The van der Waals surface area contributed by atoms with Gasteiger partial charge in [-0.15, -0.1) is 0 Å². The van der Waals surface area contributed by atoms with Gasteiger partial charge in [0.15, 0.2) is 0 Å². The number of amides is 1. The van der Waals surface area contributed by atoms with Crippen LogP contribution in [0, 0.1) is 11.3 Å². The van der Waals surface area contributed by atoms with Crippen molar-refractivity contribution in [3.63, 3.8) is 0 Å². The molecular weight excluding hydrogens is 342 g/mol. The van der Waals surface area contributed by atoms with Gasteiger partial charge in [-0.1, -0.05) is 24.3 Å². The summed E-state index contributed by atoms with van der Waals surface area (Å²) in [6, 6.07) is 14.4. The molecule has 6 nitrogen and oxygen atoms in total. The first kappa shape index (κ1) is 18.9. The number of nitriles is 1. The lowest BCUT2D eigenvalue weighted by molar-refractivity contribution is -0.117. The maximum absolute atomic E-state index is 12.1. The number of rotatable bonds is 6. The lowest BCUT2D eigenvalue weighted by Gasteiger charge is -2.41. The molecule has 2 unspecified atom stereocenters. The number of carbonyl (C=O) groups excluding carboxylic acids is 1. The summed E-state index contributed by atoms with van der Waals surface area (Å²) < 4.78 is 0. The Morgan fingerprint density at radius 1 is 1.44 bits per heavy atom. The van der Waals surface area contributed by atoms with Crippen LogP contribution in [0.15, 0.2) is 42.0 Å². The fourth-order valence-electron chi connectivity index (χ4n) is 3.17. The van der Waals surface area contributed by atoms with E-state index in [1.807, 2.05) is 36.4 Å². The average molecular weight is 365 g/mol. The van der Waals surface area contributed by atoms with Crippen molar-refractivity contribution in [3.05, 3.63) is 47.5 Å². The zero-order chi connectivity index (χ0) is 19.4. The van der Waals surface area contributed by atoms with Gasteiger partial charge >= 0.3 is 0 Å². The second-order valence-electron chi connectivity index (χ2n) is 6.81. The molecule has 1 fully saturated rings. The number of fused-ring (bicyclic) bond motifs is 1. The molecule has 1 amide bonds. The number of aliphatic hydroxyl groups excluding tert-OH is 2. The van der Waals surface area contributed by atoms with Crippen LogP contribution < -0.4 is 10.2 Å². The van der Waals surface area contributed by atoms with Crippen molar-refractivity contribution in [1.29, 1.82) is 5.26 Å². The maximum Gasteiger partial charge on any atom is 0.262 e. The monoisotopic (exact) mass is 365 g/mol. The first-order valence-electron chi connectivity index (χ1n) is 9.02. The van der Waals surface area contributed by atoms with Crippen molar-refractivity contribution < 1.29 is 15.0 Å². The van der Waals surface area contributed by atoms with Gasteiger partial charge in [0.1, 0.15) is 11.6 Å². The summed E-state index contributed by atoms with van der Waals surface area (Å²) in [4.78, 5) is 14.5. The van der Waals surface area contributed by atoms with Crippen LogP contribution in [0.4, 0.5) is 5.69 Å². The van der Waals surface area contributed by atoms with Crippen molar-refractivity contribution in [3.8, 4) is 6.07 Å². The van der Waals surface area contributed by atoms with E-state index in [0.717, 1.165) is 28.6 Å². The van der Waals surface area contributed by atoms with E-state index in [4.69, 9.17) is 5.11 Å². The van der Waals surface area contributed by atoms with E-state index in [-0.39, 0.29) is 12.1 Å². The summed E-state index contributed by atoms with van der Waals surface area (Å²) in [5.74, 6) is -0.574. The van der Waals surface area contributed by atoms with E-state index in [0.29, 0.717) is 6.04 Å². The Balaban J connectivity index is 1.89. The molecule has 0 bridgehead atoms. The second-order valence-corrected chi connectivity index (χ2v) is 6.81. The third kappa shape index (κ3) is 4.11. The fraction of sp³-hybridized carbons (Fsp3) is 0.333. The Kier molecular flexibility index (Phi) is 5.75. The molecule has 3 N–H and O–H groups in total. The van der Waals surface area contributed by atoms with E-state index >= 15 is 0 Å². The van der Waals surface area contributed by atoms with Gasteiger partial charge in [-0.2, -0.15) is 5.26 Å². The minimum Gasteiger partial charge on any atom is -0.394 e. The topological polar surface area (TPSA) is 96.6 Å². The zero-order valence-corrected chi connectivity index (χ0v) is 15.2. The van der Waals surface area contributed by atoms with Gasteiger partial charge in [0.05, 0.1) is 12.7 Å². The molecule has 1 aliphatic heterocycles. The lowest BCUT2D eigenvalue weighted by atomic mass is 9.98. The molecule has 27 heavy (non-hydrogen) atoms. The van der Waals surface area contributed by atoms with Gasteiger partial charge in [0.2, 0.25) is 0 Å². The molecule has 1 aliphatic rings. The van der Waals surface area contributed by atoms with E-state index in [1.165, 1.54) is 12.5 Å². The van der Waals surface area contributed by atoms with Crippen LogP contribution in [0.5, 0.6) is 0 Å². The van der Waals surface area contributed by atoms with E-state index in [1.54, 1.807) is 0 Å². The molecule has 2 aromatic carbocycles. The van der Waals surface area contributed by atoms with Crippen LogP contribution >= 0.6 is 0 Å². The van der Waals surface area contributed by atoms with Gasteiger partial charge in [0.25, 0.3) is 5.91 Å². The van der Waals surface area contributed by atoms with Crippen LogP contribution in [0.25, 0.3) is 16.8 Å². The predicted octanol–water partition coefficient (Wildman–Crippen LogP) is 1.81. The number of nitrogens with one attached hydrogen (secondary N) is 1. The number of anilines is 1. The highest BCUT2D eigenvalue weighted by Crippen LogP contribution is 2.33. The molecule has 2 atom stereocenters. The normalized spacial score (nSPS) is 17.9. The molecule has 0 radical (unpaired) electrons. The largest absolute Gasteiger partial charge is 0.394 e. The van der Waals surface area contributed by atoms with Gasteiger partial charge in [-0.3, -0.25) is 4.79 Å². The molecule has 1 heterocycles. The quantitative estimate of drug-likeness (QED) is 0.536. The lowest BCUT2D eigenvalue weighted by Crippen LogP contribution is -2.45. The smallest absolute Gasteiger partial charge is 0.262 e. The summed E-state index contributed by atoms with van der Waals surface area (Å²) in [5, 5.41) is 32.1. The molecule has 1 saturated heterocycles. The van der Waals surface area contributed by atoms with E-state index in [2.05, 4.69) is 23.2 Å².